The van der Waals surface area contributed by atoms with Crippen molar-refractivity contribution in [1.82, 2.24) is 14.6 Å². The van der Waals surface area contributed by atoms with Crippen molar-refractivity contribution in [1.29, 1.82) is 5.26 Å². The van der Waals surface area contributed by atoms with Gasteiger partial charge in [0.1, 0.15) is 6.07 Å². The summed E-state index contributed by atoms with van der Waals surface area (Å²) in [6.07, 6.45) is 3.48. The van der Waals surface area contributed by atoms with Crippen LogP contribution in [0.3, 0.4) is 0 Å². The minimum Gasteiger partial charge on any atom is -0.388 e. The van der Waals surface area contributed by atoms with Gasteiger partial charge in [-0.25, -0.2) is 4.52 Å². The molecule has 0 saturated heterocycles. The smallest absolute Gasteiger partial charge is 0.101 e. The Morgan fingerprint density at radius 2 is 2.05 bits per heavy atom. The molecule has 0 bridgehead atoms. The molecule has 1 N–H and O–H groups in total. The summed E-state index contributed by atoms with van der Waals surface area (Å²) < 4.78 is 1.80. The Labute approximate surface area is 129 Å². The highest BCUT2D eigenvalue weighted by atomic mass is 15.2. The molecule has 0 aliphatic rings. The van der Waals surface area contributed by atoms with Gasteiger partial charge in [0.15, 0.2) is 0 Å². The van der Waals surface area contributed by atoms with Crippen molar-refractivity contribution in [3.8, 4) is 17.5 Å². The standard InChI is InChI=1S/C17H17N5/c1-11(2)14-10-20-16(7-15(14)19-3)17-5-4-13-6-12(8-18)9-21-22(13)17/h4-7,9-11H,1-3H3,(H,19,20). The molecule has 0 radical (unpaired) electrons. The molecule has 0 fully saturated rings. The first-order valence-corrected chi connectivity index (χ1v) is 7.20. The number of nitrogens with zero attached hydrogens (tertiary/aromatic N) is 4. The van der Waals surface area contributed by atoms with Crippen LogP contribution in [0.5, 0.6) is 0 Å². The minimum atomic E-state index is 0.407. The third kappa shape index (κ3) is 2.29. The fourth-order valence-electron chi connectivity index (χ4n) is 2.54. The Balaban J connectivity index is 2.14. The van der Waals surface area contributed by atoms with E-state index in [1.807, 2.05) is 37.5 Å². The number of rotatable bonds is 3. The maximum atomic E-state index is 8.95. The predicted octanol–water partition coefficient (Wildman–Crippen LogP) is 3.43. The van der Waals surface area contributed by atoms with Gasteiger partial charge in [0.05, 0.1) is 28.7 Å². The second-order valence-corrected chi connectivity index (χ2v) is 5.47. The topological polar surface area (TPSA) is 66.0 Å². The summed E-state index contributed by atoms with van der Waals surface area (Å²) in [4.78, 5) is 4.58. The predicted molar refractivity (Wildman–Crippen MR) is 86.8 cm³/mol. The van der Waals surface area contributed by atoms with E-state index in [2.05, 4.69) is 35.3 Å². The fraction of sp³-hybridized carbons (Fsp3) is 0.235. The second-order valence-electron chi connectivity index (χ2n) is 5.47. The summed E-state index contributed by atoms with van der Waals surface area (Å²) in [6.45, 7) is 4.30. The zero-order valence-electron chi connectivity index (χ0n) is 12.8. The molecular weight excluding hydrogens is 274 g/mol. The Bertz CT molecular complexity index is 870. The maximum absolute atomic E-state index is 8.95. The van der Waals surface area contributed by atoms with E-state index in [9.17, 15) is 0 Å². The van der Waals surface area contributed by atoms with E-state index < -0.39 is 0 Å². The van der Waals surface area contributed by atoms with Crippen LogP contribution in [-0.4, -0.2) is 21.6 Å². The van der Waals surface area contributed by atoms with Crippen molar-refractivity contribution >= 4 is 11.2 Å². The molecule has 0 unspecified atom stereocenters. The summed E-state index contributed by atoms with van der Waals surface area (Å²) in [5.74, 6) is 0.407. The Morgan fingerprint density at radius 3 is 2.73 bits per heavy atom. The van der Waals surface area contributed by atoms with Gasteiger partial charge in [-0.3, -0.25) is 4.98 Å². The monoisotopic (exact) mass is 291 g/mol. The number of pyridine rings is 1. The molecule has 0 aromatic carbocycles. The normalized spacial score (nSPS) is 10.9. The molecule has 3 aromatic heterocycles. The average Bonchev–Trinajstić information content (AvgIpc) is 2.96. The van der Waals surface area contributed by atoms with E-state index in [0.29, 0.717) is 11.5 Å². The Kier molecular flexibility index (Phi) is 3.51. The number of hydrogen-bond acceptors (Lipinski definition) is 4. The lowest BCUT2D eigenvalue weighted by Gasteiger charge is -2.13. The summed E-state index contributed by atoms with van der Waals surface area (Å²) in [6, 6.07) is 9.88. The average molecular weight is 291 g/mol. The molecule has 0 aliphatic carbocycles. The van der Waals surface area contributed by atoms with Gasteiger partial charge in [0, 0.05) is 18.9 Å². The molecule has 3 rings (SSSR count). The number of hydrogen-bond donors (Lipinski definition) is 1. The van der Waals surface area contributed by atoms with Gasteiger partial charge in [0.2, 0.25) is 0 Å². The minimum absolute atomic E-state index is 0.407. The quantitative estimate of drug-likeness (QED) is 0.802. The number of fused-ring (bicyclic) bond motifs is 1. The van der Waals surface area contributed by atoms with E-state index in [0.717, 1.165) is 22.6 Å². The van der Waals surface area contributed by atoms with Gasteiger partial charge < -0.3 is 5.32 Å². The number of nitriles is 1. The lowest BCUT2D eigenvalue weighted by atomic mass is 10.0. The van der Waals surface area contributed by atoms with Crippen molar-refractivity contribution in [3.05, 3.63) is 47.8 Å². The van der Waals surface area contributed by atoms with Crippen LogP contribution in [0.4, 0.5) is 5.69 Å². The van der Waals surface area contributed by atoms with E-state index in [1.54, 1.807) is 10.7 Å². The Morgan fingerprint density at radius 1 is 1.23 bits per heavy atom. The highest BCUT2D eigenvalue weighted by molar-refractivity contribution is 5.68. The lowest BCUT2D eigenvalue weighted by molar-refractivity contribution is 0.859. The fourth-order valence-corrected chi connectivity index (χ4v) is 2.54. The zero-order chi connectivity index (χ0) is 15.7. The highest BCUT2D eigenvalue weighted by Crippen LogP contribution is 2.28. The van der Waals surface area contributed by atoms with Crippen molar-refractivity contribution in [2.75, 3.05) is 12.4 Å². The van der Waals surface area contributed by atoms with Gasteiger partial charge in [0.25, 0.3) is 0 Å². The largest absolute Gasteiger partial charge is 0.388 e. The summed E-state index contributed by atoms with van der Waals surface area (Å²) in [5.41, 5.74) is 5.46. The van der Waals surface area contributed by atoms with Gasteiger partial charge in [-0.1, -0.05) is 13.8 Å². The number of anilines is 1. The Hall–Kier alpha value is -2.87. The highest BCUT2D eigenvalue weighted by Gasteiger charge is 2.12. The first kappa shape index (κ1) is 14.1. The summed E-state index contributed by atoms with van der Waals surface area (Å²) >= 11 is 0. The van der Waals surface area contributed by atoms with E-state index >= 15 is 0 Å². The van der Waals surface area contributed by atoms with Gasteiger partial charge >= 0.3 is 0 Å². The zero-order valence-corrected chi connectivity index (χ0v) is 12.8. The summed E-state index contributed by atoms with van der Waals surface area (Å²) in [7, 11) is 1.92. The molecule has 3 heterocycles. The molecule has 110 valence electrons. The molecule has 0 amide bonds. The molecule has 0 spiro atoms. The van der Waals surface area contributed by atoms with Crippen LogP contribution in [0.25, 0.3) is 16.9 Å². The van der Waals surface area contributed by atoms with Crippen LogP contribution >= 0.6 is 0 Å². The van der Waals surface area contributed by atoms with Crippen LogP contribution < -0.4 is 5.32 Å². The van der Waals surface area contributed by atoms with Crippen LogP contribution in [0.1, 0.15) is 30.9 Å². The van der Waals surface area contributed by atoms with Gasteiger partial charge in [-0.05, 0) is 35.7 Å². The molecule has 5 nitrogen and oxygen atoms in total. The van der Waals surface area contributed by atoms with Gasteiger partial charge in [-0.15, -0.1) is 0 Å². The molecule has 0 aliphatic heterocycles. The summed E-state index contributed by atoms with van der Waals surface area (Å²) in [5, 5.41) is 16.5. The molecule has 5 heteroatoms. The first-order valence-electron chi connectivity index (χ1n) is 7.20. The third-order valence-electron chi connectivity index (χ3n) is 3.72. The first-order chi connectivity index (χ1) is 10.6. The molecule has 0 atom stereocenters. The SMILES string of the molecule is CNc1cc(-c2ccc3cc(C#N)cnn23)ncc1C(C)C. The number of aromatic nitrogens is 3. The van der Waals surface area contributed by atoms with E-state index in [-0.39, 0.29) is 0 Å². The van der Waals surface area contributed by atoms with Crippen LogP contribution in [-0.2, 0) is 0 Å². The van der Waals surface area contributed by atoms with Crippen LogP contribution in [0.15, 0.2) is 36.7 Å². The molecule has 3 aromatic rings. The van der Waals surface area contributed by atoms with E-state index in [1.165, 1.54) is 5.56 Å². The maximum Gasteiger partial charge on any atom is 0.101 e. The van der Waals surface area contributed by atoms with Gasteiger partial charge in [-0.2, -0.15) is 10.4 Å². The lowest BCUT2D eigenvalue weighted by Crippen LogP contribution is -2.01. The van der Waals surface area contributed by atoms with Crippen LogP contribution in [0, 0.1) is 11.3 Å². The van der Waals surface area contributed by atoms with Crippen molar-refractivity contribution in [3.63, 3.8) is 0 Å². The van der Waals surface area contributed by atoms with E-state index in [4.69, 9.17) is 5.26 Å². The molecule has 0 saturated carbocycles. The van der Waals surface area contributed by atoms with Crippen molar-refractivity contribution < 1.29 is 0 Å². The third-order valence-corrected chi connectivity index (χ3v) is 3.72. The van der Waals surface area contributed by atoms with Crippen LogP contribution in [0.2, 0.25) is 0 Å². The second kappa shape index (κ2) is 5.49. The number of nitrogens with one attached hydrogen (secondary N) is 1. The van der Waals surface area contributed by atoms with Crippen molar-refractivity contribution in [2.45, 2.75) is 19.8 Å². The van der Waals surface area contributed by atoms with Crippen molar-refractivity contribution in [2.24, 2.45) is 0 Å². The molecule has 22 heavy (non-hydrogen) atoms. The molecular formula is C17H17N5.